The summed E-state index contributed by atoms with van der Waals surface area (Å²) in [5.74, 6) is 1.02. The van der Waals surface area contributed by atoms with Gasteiger partial charge in [-0.15, -0.1) is 0 Å². The summed E-state index contributed by atoms with van der Waals surface area (Å²) in [4.78, 5) is 4.99. The van der Waals surface area contributed by atoms with Crippen LogP contribution in [0.2, 0.25) is 0 Å². The minimum atomic E-state index is 0.877. The Bertz CT molecular complexity index is 2170. The highest BCUT2D eigenvalue weighted by molar-refractivity contribution is 6.23. The molecule has 0 aliphatic rings. The monoisotopic (exact) mass is 524 g/mol. The molecule has 0 N–H and O–H groups in total. The smallest absolute Gasteiger partial charge is 0.141 e. The molecular formula is C39H28N2. The molecule has 0 bridgehead atoms. The molecule has 0 aliphatic carbocycles. The molecule has 8 aromatic rings. The quantitative estimate of drug-likeness (QED) is 0.209. The van der Waals surface area contributed by atoms with E-state index < -0.39 is 0 Å². The van der Waals surface area contributed by atoms with E-state index in [1.165, 1.54) is 60.1 Å². The van der Waals surface area contributed by atoms with Crippen LogP contribution in [0.1, 0.15) is 6.92 Å². The van der Waals surface area contributed by atoms with Gasteiger partial charge >= 0.3 is 0 Å². The summed E-state index contributed by atoms with van der Waals surface area (Å²) in [6.45, 7) is 3.06. The van der Waals surface area contributed by atoms with Gasteiger partial charge in [0.1, 0.15) is 5.82 Å². The Hall–Kier alpha value is -5.21. The molecule has 7 aromatic carbocycles. The van der Waals surface area contributed by atoms with E-state index >= 15 is 0 Å². The number of benzene rings is 7. The maximum absolute atomic E-state index is 4.99. The number of rotatable bonds is 4. The third kappa shape index (κ3) is 3.68. The number of imidazole rings is 1. The van der Waals surface area contributed by atoms with Crippen LogP contribution in [0.4, 0.5) is 0 Å². The fourth-order valence-corrected chi connectivity index (χ4v) is 6.57. The van der Waals surface area contributed by atoms with Gasteiger partial charge in [0.15, 0.2) is 0 Å². The summed E-state index contributed by atoms with van der Waals surface area (Å²) in [5, 5.41) is 7.62. The Kier molecular flexibility index (Phi) is 5.46. The second-order valence-corrected chi connectivity index (χ2v) is 10.6. The van der Waals surface area contributed by atoms with Crippen LogP contribution in [-0.2, 0) is 6.54 Å². The van der Waals surface area contributed by atoms with Gasteiger partial charge < -0.3 is 4.57 Å². The zero-order valence-corrected chi connectivity index (χ0v) is 22.9. The Labute approximate surface area is 239 Å². The molecular weight excluding hydrogens is 496 g/mol. The first-order valence-corrected chi connectivity index (χ1v) is 14.3. The normalized spacial score (nSPS) is 11.6. The standard InChI is InChI=1S/C39H28N2/c1-2-41-36-21-10-9-20-35(36)40-39(41)28-24-22-27(23-25-28)37-31-15-5-7-17-33(31)38(34-18-8-6-16-32(34)37)30-19-11-13-26-12-3-4-14-29(26)30/h3-25H,2H2,1H3. The SMILES string of the molecule is CCn1c(-c2ccc(-c3c4ccccc4c(-c4cccc5ccccc45)c4ccccc34)cc2)nc2ccccc21. The number of aryl methyl sites for hydroxylation is 1. The van der Waals surface area contributed by atoms with Crippen molar-refractivity contribution >= 4 is 43.4 Å². The lowest BCUT2D eigenvalue weighted by Crippen LogP contribution is -1.97. The van der Waals surface area contributed by atoms with Gasteiger partial charge in [0.25, 0.3) is 0 Å². The molecule has 0 fully saturated rings. The Morgan fingerprint density at radius 1 is 0.488 bits per heavy atom. The van der Waals surface area contributed by atoms with Crippen LogP contribution < -0.4 is 0 Å². The van der Waals surface area contributed by atoms with Crippen molar-refractivity contribution < 1.29 is 0 Å². The lowest BCUT2D eigenvalue weighted by Gasteiger charge is -2.19. The molecule has 0 amide bonds. The van der Waals surface area contributed by atoms with Gasteiger partial charge in [-0.3, -0.25) is 0 Å². The zero-order chi connectivity index (χ0) is 27.3. The molecule has 1 aromatic heterocycles. The van der Waals surface area contributed by atoms with E-state index in [0.29, 0.717) is 0 Å². The average molecular weight is 525 g/mol. The van der Waals surface area contributed by atoms with E-state index in [0.717, 1.165) is 23.4 Å². The third-order valence-corrected chi connectivity index (χ3v) is 8.39. The van der Waals surface area contributed by atoms with Crippen LogP contribution in [-0.4, -0.2) is 9.55 Å². The van der Waals surface area contributed by atoms with Crippen LogP contribution in [0.15, 0.2) is 140 Å². The van der Waals surface area contributed by atoms with E-state index in [9.17, 15) is 0 Å². The highest BCUT2D eigenvalue weighted by Crippen LogP contribution is 2.45. The number of para-hydroxylation sites is 2. The van der Waals surface area contributed by atoms with Gasteiger partial charge in [-0.1, -0.05) is 127 Å². The summed E-state index contributed by atoms with van der Waals surface area (Å²) < 4.78 is 2.30. The van der Waals surface area contributed by atoms with Crippen molar-refractivity contribution in [2.75, 3.05) is 0 Å². The van der Waals surface area contributed by atoms with Crippen molar-refractivity contribution in [3.05, 3.63) is 140 Å². The second kappa shape index (κ2) is 9.46. The fourth-order valence-electron chi connectivity index (χ4n) is 6.57. The van der Waals surface area contributed by atoms with E-state index in [2.05, 4.69) is 151 Å². The Morgan fingerprint density at radius 2 is 1.02 bits per heavy atom. The van der Waals surface area contributed by atoms with Crippen LogP contribution in [0.3, 0.4) is 0 Å². The predicted molar refractivity (Wildman–Crippen MR) is 174 cm³/mol. The third-order valence-electron chi connectivity index (χ3n) is 8.39. The highest BCUT2D eigenvalue weighted by Gasteiger charge is 2.18. The van der Waals surface area contributed by atoms with Crippen molar-refractivity contribution in [3.63, 3.8) is 0 Å². The van der Waals surface area contributed by atoms with Crippen molar-refractivity contribution in [1.29, 1.82) is 0 Å². The first-order valence-electron chi connectivity index (χ1n) is 14.3. The lowest BCUT2D eigenvalue weighted by atomic mass is 9.84. The van der Waals surface area contributed by atoms with Gasteiger partial charge in [-0.25, -0.2) is 4.98 Å². The molecule has 2 heteroatoms. The number of hydrogen-bond acceptors (Lipinski definition) is 1. The highest BCUT2D eigenvalue weighted by atomic mass is 15.1. The van der Waals surface area contributed by atoms with Gasteiger partial charge in [-0.05, 0) is 73.6 Å². The summed E-state index contributed by atoms with van der Waals surface area (Å²) >= 11 is 0. The van der Waals surface area contributed by atoms with Crippen molar-refractivity contribution in [2.24, 2.45) is 0 Å². The number of fused-ring (bicyclic) bond motifs is 4. The molecule has 0 saturated carbocycles. The van der Waals surface area contributed by atoms with E-state index in [4.69, 9.17) is 4.98 Å². The van der Waals surface area contributed by atoms with Crippen molar-refractivity contribution in [2.45, 2.75) is 13.5 Å². The van der Waals surface area contributed by atoms with Gasteiger partial charge in [0.2, 0.25) is 0 Å². The van der Waals surface area contributed by atoms with Crippen molar-refractivity contribution in [1.82, 2.24) is 9.55 Å². The van der Waals surface area contributed by atoms with Gasteiger partial charge in [0.05, 0.1) is 11.0 Å². The summed E-state index contributed by atoms with van der Waals surface area (Å²) in [6.07, 6.45) is 0. The van der Waals surface area contributed by atoms with E-state index in [1.807, 2.05) is 0 Å². The molecule has 2 nitrogen and oxygen atoms in total. The molecule has 8 rings (SSSR count). The largest absolute Gasteiger partial charge is 0.324 e. The summed E-state index contributed by atoms with van der Waals surface area (Å²) in [5.41, 5.74) is 8.40. The minimum Gasteiger partial charge on any atom is -0.324 e. The minimum absolute atomic E-state index is 0.877. The molecule has 0 saturated heterocycles. The van der Waals surface area contributed by atoms with E-state index in [-0.39, 0.29) is 0 Å². The zero-order valence-electron chi connectivity index (χ0n) is 22.9. The summed E-state index contributed by atoms with van der Waals surface area (Å²) in [6, 6.07) is 50.5. The molecule has 194 valence electrons. The number of hydrogen-bond donors (Lipinski definition) is 0. The number of nitrogens with zero attached hydrogens (tertiary/aromatic N) is 2. The molecule has 0 spiro atoms. The maximum Gasteiger partial charge on any atom is 0.141 e. The average Bonchev–Trinajstić information content (AvgIpc) is 3.42. The topological polar surface area (TPSA) is 17.8 Å². The van der Waals surface area contributed by atoms with Crippen LogP contribution in [0.5, 0.6) is 0 Å². The molecule has 0 aliphatic heterocycles. The van der Waals surface area contributed by atoms with Crippen LogP contribution in [0, 0.1) is 0 Å². The molecule has 1 heterocycles. The van der Waals surface area contributed by atoms with Gasteiger partial charge in [0, 0.05) is 12.1 Å². The molecule has 0 radical (unpaired) electrons. The van der Waals surface area contributed by atoms with Crippen molar-refractivity contribution in [3.8, 4) is 33.6 Å². The fraction of sp³-hybridized carbons (Fsp3) is 0.0513. The van der Waals surface area contributed by atoms with Crippen LogP contribution >= 0.6 is 0 Å². The predicted octanol–water partition coefficient (Wildman–Crippen LogP) is 10.5. The lowest BCUT2D eigenvalue weighted by molar-refractivity contribution is 0.796. The van der Waals surface area contributed by atoms with Gasteiger partial charge in [-0.2, -0.15) is 0 Å². The maximum atomic E-state index is 4.99. The first-order chi connectivity index (χ1) is 20.3. The summed E-state index contributed by atoms with van der Waals surface area (Å²) in [7, 11) is 0. The Balaban J connectivity index is 1.37. The molecule has 41 heavy (non-hydrogen) atoms. The van der Waals surface area contributed by atoms with E-state index in [1.54, 1.807) is 0 Å². The Morgan fingerprint density at radius 3 is 1.71 bits per heavy atom. The molecule has 0 atom stereocenters. The van der Waals surface area contributed by atoms with Crippen LogP contribution in [0.25, 0.3) is 77.0 Å². The number of aromatic nitrogens is 2. The first kappa shape index (κ1) is 23.7. The molecule has 0 unspecified atom stereocenters. The second-order valence-electron chi connectivity index (χ2n) is 10.6.